The number of H-pyrrole nitrogens is 1. The number of hydrogen-bond donors (Lipinski definition) is 4. The Kier molecular flexibility index (Phi) is 12.6. The number of Topliss-reactive ketones (excluding diaryl/α,β-unsaturated/α-hetero) is 1. The molecule has 3 heterocycles. The summed E-state index contributed by atoms with van der Waals surface area (Å²) in [6.07, 6.45) is 2.99. The molecule has 2 aliphatic rings. The molecule has 52 heavy (non-hydrogen) atoms. The van der Waals surface area contributed by atoms with Gasteiger partial charge < -0.3 is 35.1 Å². The van der Waals surface area contributed by atoms with Gasteiger partial charge in [-0.05, 0) is 41.7 Å². The van der Waals surface area contributed by atoms with Crippen LogP contribution >= 0.6 is 11.8 Å². The number of carbonyl (C=O) groups excluding carboxylic acids is 4. The molecule has 15 heteroatoms. The molecule has 4 N–H and O–H groups in total. The van der Waals surface area contributed by atoms with Crippen LogP contribution in [-0.4, -0.2) is 119 Å². The van der Waals surface area contributed by atoms with Gasteiger partial charge in [-0.2, -0.15) is 11.8 Å². The molecule has 14 nitrogen and oxygen atoms in total. The Bertz CT molecular complexity index is 1750. The van der Waals surface area contributed by atoms with Gasteiger partial charge in [0, 0.05) is 36.9 Å². The Morgan fingerprint density at radius 1 is 0.962 bits per heavy atom. The monoisotopic (exact) mass is 734 g/mol. The Balaban J connectivity index is 1.18. The number of ether oxygens (including phenoxy) is 2. The van der Waals surface area contributed by atoms with Crippen molar-refractivity contribution >= 4 is 41.5 Å². The molecule has 3 unspecified atom stereocenters. The first-order chi connectivity index (χ1) is 24.9. The number of amides is 4. The van der Waals surface area contributed by atoms with E-state index in [1.54, 1.807) is 51.0 Å². The highest BCUT2D eigenvalue weighted by Crippen LogP contribution is 2.35. The number of rotatable bonds is 13. The van der Waals surface area contributed by atoms with E-state index in [1.807, 2.05) is 42.7 Å². The molecule has 1 aromatic heterocycles. The average molecular weight is 735 g/mol. The molecule has 4 amide bonds. The van der Waals surface area contributed by atoms with Crippen molar-refractivity contribution < 1.29 is 38.6 Å². The summed E-state index contributed by atoms with van der Waals surface area (Å²) in [5.41, 5.74) is 3.93. The molecule has 5 atom stereocenters. The van der Waals surface area contributed by atoms with Gasteiger partial charge in [0.25, 0.3) is 0 Å². The number of hydrogen-bond acceptors (Lipinski definition) is 9. The summed E-state index contributed by atoms with van der Waals surface area (Å²) in [5, 5.41) is 15.1. The fourth-order valence-corrected chi connectivity index (χ4v) is 7.50. The number of likely N-dealkylation sites (tertiary alicyclic amines) is 2. The number of aromatic amines is 1. The van der Waals surface area contributed by atoms with E-state index in [0.29, 0.717) is 43.9 Å². The van der Waals surface area contributed by atoms with E-state index in [1.165, 1.54) is 16.9 Å². The van der Waals surface area contributed by atoms with Gasteiger partial charge in [-0.15, -0.1) is 0 Å². The molecule has 5 rings (SSSR count). The zero-order valence-electron chi connectivity index (χ0n) is 30.0. The van der Waals surface area contributed by atoms with Gasteiger partial charge in [-0.1, -0.05) is 62.4 Å². The minimum atomic E-state index is -0.982. The van der Waals surface area contributed by atoms with E-state index in [2.05, 4.69) is 25.3 Å². The van der Waals surface area contributed by atoms with E-state index in [-0.39, 0.29) is 41.4 Å². The lowest BCUT2D eigenvalue weighted by atomic mass is 10.0. The summed E-state index contributed by atoms with van der Waals surface area (Å²) in [6.45, 7) is 4.62. The SMILES string of the molecule is COCC1CC(c2ncc(-c3ccc(-c4ccc(C(=O)CNC(=O)[C@@H]5C[C@H](SC)CN5C(=O)C(NC(=O)OC)C(C)C)cc4)cc3)[nH]2)N(C(=O)O)C1. The predicted molar refractivity (Wildman–Crippen MR) is 196 cm³/mol. The molecule has 2 saturated heterocycles. The molecule has 0 aliphatic carbocycles. The third-order valence-electron chi connectivity index (χ3n) is 9.68. The molecule has 3 aromatic rings. The second-order valence-corrected chi connectivity index (χ2v) is 14.6. The van der Waals surface area contributed by atoms with Gasteiger partial charge in [-0.3, -0.25) is 19.3 Å². The quantitative estimate of drug-likeness (QED) is 0.183. The molecule has 2 aromatic carbocycles. The normalized spacial score (nSPS) is 20.5. The van der Waals surface area contributed by atoms with E-state index in [4.69, 9.17) is 4.74 Å². The highest BCUT2D eigenvalue weighted by Gasteiger charge is 2.43. The minimum Gasteiger partial charge on any atom is -0.465 e. The van der Waals surface area contributed by atoms with Gasteiger partial charge in [0.2, 0.25) is 11.8 Å². The van der Waals surface area contributed by atoms with Crippen LogP contribution in [0.1, 0.15) is 48.9 Å². The Morgan fingerprint density at radius 2 is 1.62 bits per heavy atom. The predicted octanol–water partition coefficient (Wildman–Crippen LogP) is 4.44. The zero-order valence-corrected chi connectivity index (χ0v) is 30.8. The van der Waals surface area contributed by atoms with Crippen LogP contribution in [0.2, 0.25) is 0 Å². The number of ketones is 1. The zero-order chi connectivity index (χ0) is 37.5. The second kappa shape index (κ2) is 17.1. The van der Waals surface area contributed by atoms with Crippen molar-refractivity contribution in [1.29, 1.82) is 0 Å². The number of benzene rings is 2. The van der Waals surface area contributed by atoms with Crippen molar-refractivity contribution in [3.8, 4) is 22.4 Å². The van der Waals surface area contributed by atoms with Gasteiger partial charge in [0.1, 0.15) is 17.9 Å². The third kappa shape index (κ3) is 8.76. The Hall–Kier alpha value is -4.89. The van der Waals surface area contributed by atoms with Crippen molar-refractivity contribution in [3.63, 3.8) is 0 Å². The molecule has 0 radical (unpaired) electrons. The number of alkyl carbamates (subject to hydrolysis) is 1. The molecule has 0 spiro atoms. The van der Waals surface area contributed by atoms with Crippen LogP contribution in [0, 0.1) is 11.8 Å². The summed E-state index contributed by atoms with van der Waals surface area (Å²) >= 11 is 1.56. The highest BCUT2D eigenvalue weighted by molar-refractivity contribution is 7.99. The minimum absolute atomic E-state index is 0.0379. The van der Waals surface area contributed by atoms with Crippen LogP contribution < -0.4 is 10.6 Å². The molecule has 2 aliphatic heterocycles. The lowest BCUT2D eigenvalue weighted by Gasteiger charge is -2.30. The van der Waals surface area contributed by atoms with Crippen molar-refractivity contribution in [3.05, 3.63) is 66.1 Å². The maximum absolute atomic E-state index is 13.5. The largest absolute Gasteiger partial charge is 0.465 e. The van der Waals surface area contributed by atoms with Crippen molar-refractivity contribution in [2.24, 2.45) is 11.8 Å². The van der Waals surface area contributed by atoms with Crippen LogP contribution in [0.15, 0.2) is 54.7 Å². The highest BCUT2D eigenvalue weighted by atomic mass is 32.2. The second-order valence-electron chi connectivity index (χ2n) is 13.4. The smallest absolute Gasteiger partial charge is 0.407 e. The van der Waals surface area contributed by atoms with Crippen molar-refractivity contribution in [2.75, 3.05) is 46.7 Å². The van der Waals surface area contributed by atoms with Crippen molar-refractivity contribution in [2.45, 2.75) is 50.1 Å². The fraction of sp³-hybridized carbons (Fsp3) is 0.459. The molecule has 2 fully saturated rings. The number of nitrogens with zero attached hydrogens (tertiary/aromatic N) is 3. The lowest BCUT2D eigenvalue weighted by Crippen LogP contribution is -2.55. The summed E-state index contributed by atoms with van der Waals surface area (Å²) in [6, 6.07) is 12.9. The third-order valence-corrected chi connectivity index (χ3v) is 10.7. The standard InChI is InChI=1S/C37H46N6O8S/c1-21(2)32(41-36(47)51-4)35(46)42-19-27(52-5)15-30(42)34(45)39-17-31(44)26-12-8-24(9-13-26)23-6-10-25(11-7-23)28-16-38-33(40-28)29-14-22(20-50-3)18-43(29)37(48)49/h6-13,16,21-22,27,29-30,32H,14-15,17-20H2,1-5H3,(H,38,40)(H,39,45)(H,41,47)(H,48,49)/t22?,27-,29?,30-,32?/m0/s1. The van der Waals surface area contributed by atoms with Crippen LogP contribution in [0.5, 0.6) is 0 Å². The van der Waals surface area contributed by atoms with Gasteiger partial charge in [-0.25, -0.2) is 14.6 Å². The maximum atomic E-state index is 13.5. The van der Waals surface area contributed by atoms with E-state index >= 15 is 0 Å². The average Bonchev–Trinajstić information content (AvgIpc) is 3.91. The number of thioether (sulfide) groups is 1. The molecule has 278 valence electrons. The van der Waals surface area contributed by atoms with Crippen LogP contribution in [0.4, 0.5) is 9.59 Å². The first-order valence-electron chi connectivity index (χ1n) is 17.2. The number of methoxy groups -OCH3 is 2. The van der Waals surface area contributed by atoms with Gasteiger partial charge >= 0.3 is 12.2 Å². The summed E-state index contributed by atoms with van der Waals surface area (Å²) in [4.78, 5) is 74.4. The number of imidazole rings is 1. The summed E-state index contributed by atoms with van der Waals surface area (Å²) in [7, 11) is 2.84. The summed E-state index contributed by atoms with van der Waals surface area (Å²) < 4.78 is 9.94. The van der Waals surface area contributed by atoms with Crippen LogP contribution in [0.3, 0.4) is 0 Å². The summed E-state index contributed by atoms with van der Waals surface area (Å²) in [5.74, 6) is -0.587. The van der Waals surface area contributed by atoms with E-state index in [9.17, 15) is 29.1 Å². The first kappa shape index (κ1) is 38.3. The van der Waals surface area contributed by atoms with Gasteiger partial charge in [0.15, 0.2) is 5.78 Å². The molecular weight excluding hydrogens is 689 g/mol. The molecule has 0 bridgehead atoms. The molecule has 0 saturated carbocycles. The lowest BCUT2D eigenvalue weighted by molar-refractivity contribution is -0.140. The number of nitrogens with one attached hydrogen (secondary N) is 3. The van der Waals surface area contributed by atoms with E-state index in [0.717, 1.165) is 22.4 Å². The van der Waals surface area contributed by atoms with Crippen LogP contribution in [-0.2, 0) is 19.1 Å². The van der Waals surface area contributed by atoms with Crippen molar-refractivity contribution in [1.82, 2.24) is 30.4 Å². The first-order valence-corrected chi connectivity index (χ1v) is 18.5. The number of carboxylic acid groups (broad SMARTS) is 1. The van der Waals surface area contributed by atoms with Gasteiger partial charge in [0.05, 0.1) is 38.2 Å². The molecular formula is C37H46N6O8S. The van der Waals surface area contributed by atoms with E-state index < -0.39 is 30.2 Å². The number of aromatic nitrogens is 2. The topological polar surface area (TPSA) is 183 Å². The Labute approximate surface area is 307 Å². The maximum Gasteiger partial charge on any atom is 0.407 e. The Morgan fingerprint density at radius 3 is 2.21 bits per heavy atom. The van der Waals surface area contributed by atoms with Crippen LogP contribution in [0.25, 0.3) is 22.4 Å². The number of carbonyl (C=O) groups is 5. The fourth-order valence-electron chi connectivity index (χ4n) is 6.82.